The summed E-state index contributed by atoms with van der Waals surface area (Å²) in [5.41, 5.74) is 7.51. The maximum Gasteiger partial charge on any atom is 0.150 e. The third kappa shape index (κ3) is 2.60. The molecule has 0 spiro atoms. The Morgan fingerprint density at radius 1 is 1.05 bits per heavy atom. The fourth-order valence-electron chi connectivity index (χ4n) is 2.03. The van der Waals surface area contributed by atoms with E-state index in [0.717, 1.165) is 5.56 Å². The van der Waals surface area contributed by atoms with Gasteiger partial charge in [0.2, 0.25) is 0 Å². The molecule has 3 nitrogen and oxygen atoms in total. The number of anilines is 1. The van der Waals surface area contributed by atoms with Gasteiger partial charge in [0.05, 0.1) is 10.7 Å². The van der Waals surface area contributed by atoms with Gasteiger partial charge in [-0.25, -0.2) is 9.07 Å². The molecule has 0 radical (unpaired) electrons. The monoisotopic (exact) mass is 321 g/mol. The standard InChI is InChI=1S/C15H10Cl2FN3/c16-10-6-4-9(5-7-10)13-8-14(19)21(20-13)15-11(17)2-1-3-12(15)18/h1-8H,19H2. The van der Waals surface area contributed by atoms with Gasteiger partial charge in [-0.05, 0) is 24.3 Å². The number of nitrogens with zero attached hydrogens (tertiary/aromatic N) is 2. The number of nitrogens with two attached hydrogens (primary N) is 1. The zero-order valence-electron chi connectivity index (χ0n) is 10.7. The summed E-state index contributed by atoms with van der Waals surface area (Å²) in [5.74, 6) is -0.188. The van der Waals surface area contributed by atoms with Crippen LogP contribution in [-0.4, -0.2) is 9.78 Å². The second-order valence-corrected chi connectivity index (χ2v) is 5.29. The number of rotatable bonds is 2. The summed E-state index contributed by atoms with van der Waals surface area (Å²) in [6, 6.07) is 13.2. The van der Waals surface area contributed by atoms with Crippen LogP contribution in [0.2, 0.25) is 10.0 Å². The van der Waals surface area contributed by atoms with Gasteiger partial charge >= 0.3 is 0 Å². The van der Waals surface area contributed by atoms with Crippen molar-refractivity contribution in [3.8, 4) is 16.9 Å². The first-order valence-corrected chi connectivity index (χ1v) is 6.88. The van der Waals surface area contributed by atoms with E-state index in [2.05, 4.69) is 5.10 Å². The highest BCUT2D eigenvalue weighted by Gasteiger charge is 2.15. The van der Waals surface area contributed by atoms with Crippen molar-refractivity contribution in [1.29, 1.82) is 0 Å². The van der Waals surface area contributed by atoms with E-state index in [1.54, 1.807) is 24.3 Å². The molecular formula is C15H10Cl2FN3. The summed E-state index contributed by atoms with van der Waals surface area (Å²) in [6.45, 7) is 0. The van der Waals surface area contributed by atoms with Gasteiger partial charge in [0, 0.05) is 16.7 Å². The number of hydrogen-bond donors (Lipinski definition) is 1. The first-order chi connectivity index (χ1) is 10.1. The van der Waals surface area contributed by atoms with E-state index >= 15 is 0 Å². The van der Waals surface area contributed by atoms with Crippen molar-refractivity contribution in [3.05, 3.63) is 64.4 Å². The molecule has 2 aromatic carbocycles. The Balaban J connectivity index is 2.12. The summed E-state index contributed by atoms with van der Waals surface area (Å²) in [6.07, 6.45) is 0. The average Bonchev–Trinajstić information content (AvgIpc) is 2.81. The molecule has 0 bridgehead atoms. The van der Waals surface area contributed by atoms with Gasteiger partial charge in [-0.15, -0.1) is 0 Å². The summed E-state index contributed by atoms with van der Waals surface area (Å²) in [4.78, 5) is 0. The van der Waals surface area contributed by atoms with E-state index in [1.165, 1.54) is 16.8 Å². The molecule has 3 aromatic rings. The molecule has 0 saturated carbocycles. The highest BCUT2D eigenvalue weighted by Crippen LogP contribution is 2.29. The van der Waals surface area contributed by atoms with Crippen molar-refractivity contribution in [1.82, 2.24) is 9.78 Å². The molecule has 0 aliphatic carbocycles. The lowest BCUT2D eigenvalue weighted by atomic mass is 10.1. The summed E-state index contributed by atoms with van der Waals surface area (Å²) in [5, 5.41) is 5.20. The van der Waals surface area contributed by atoms with E-state index < -0.39 is 5.82 Å². The van der Waals surface area contributed by atoms with Gasteiger partial charge in [0.1, 0.15) is 17.3 Å². The van der Waals surface area contributed by atoms with Crippen molar-refractivity contribution in [2.24, 2.45) is 0 Å². The average molecular weight is 322 g/mol. The molecule has 0 saturated heterocycles. The lowest BCUT2D eigenvalue weighted by molar-refractivity contribution is 0.612. The molecular weight excluding hydrogens is 312 g/mol. The van der Waals surface area contributed by atoms with Crippen molar-refractivity contribution in [3.63, 3.8) is 0 Å². The highest BCUT2D eigenvalue weighted by atomic mass is 35.5. The van der Waals surface area contributed by atoms with E-state index in [9.17, 15) is 4.39 Å². The van der Waals surface area contributed by atoms with Gasteiger partial charge in [0.25, 0.3) is 0 Å². The lowest BCUT2D eigenvalue weighted by Crippen LogP contribution is -2.04. The first-order valence-electron chi connectivity index (χ1n) is 6.12. The maximum absolute atomic E-state index is 14.0. The Bertz CT molecular complexity index is 777. The molecule has 0 fully saturated rings. The largest absolute Gasteiger partial charge is 0.384 e. The molecule has 2 N–H and O–H groups in total. The SMILES string of the molecule is Nc1cc(-c2ccc(Cl)cc2)nn1-c1c(F)cccc1Cl. The van der Waals surface area contributed by atoms with Gasteiger partial charge < -0.3 is 5.73 Å². The van der Waals surface area contributed by atoms with Crippen LogP contribution in [0.4, 0.5) is 10.2 Å². The minimum atomic E-state index is -0.486. The number of hydrogen-bond acceptors (Lipinski definition) is 2. The molecule has 21 heavy (non-hydrogen) atoms. The number of aromatic nitrogens is 2. The zero-order valence-corrected chi connectivity index (χ0v) is 12.2. The number of benzene rings is 2. The number of para-hydroxylation sites is 1. The van der Waals surface area contributed by atoms with Crippen LogP contribution in [0.25, 0.3) is 16.9 Å². The van der Waals surface area contributed by atoms with E-state index in [0.29, 0.717) is 16.5 Å². The quantitative estimate of drug-likeness (QED) is 0.751. The first kappa shape index (κ1) is 13.9. The molecule has 0 unspecified atom stereocenters. The minimum Gasteiger partial charge on any atom is -0.384 e. The molecule has 106 valence electrons. The zero-order chi connectivity index (χ0) is 15.0. The fraction of sp³-hybridized carbons (Fsp3) is 0. The lowest BCUT2D eigenvalue weighted by Gasteiger charge is -2.07. The Morgan fingerprint density at radius 2 is 1.76 bits per heavy atom. The van der Waals surface area contributed by atoms with Gasteiger partial charge in [-0.3, -0.25) is 0 Å². The van der Waals surface area contributed by atoms with Crippen LogP contribution in [0.15, 0.2) is 48.5 Å². The second kappa shape index (κ2) is 5.39. The Kier molecular flexibility index (Phi) is 3.57. The van der Waals surface area contributed by atoms with Crippen LogP contribution >= 0.6 is 23.2 Å². The molecule has 6 heteroatoms. The number of nitrogen functional groups attached to an aromatic ring is 1. The van der Waals surface area contributed by atoms with Crippen LogP contribution in [-0.2, 0) is 0 Å². The van der Waals surface area contributed by atoms with Crippen LogP contribution in [0.5, 0.6) is 0 Å². The molecule has 1 aromatic heterocycles. The van der Waals surface area contributed by atoms with E-state index in [1.807, 2.05) is 12.1 Å². The predicted octanol–water partition coefficient (Wildman–Crippen LogP) is 4.57. The van der Waals surface area contributed by atoms with Gasteiger partial charge in [-0.1, -0.05) is 41.4 Å². The minimum absolute atomic E-state index is 0.136. The summed E-state index contributed by atoms with van der Waals surface area (Å²) < 4.78 is 15.3. The molecule has 0 aliphatic heterocycles. The fourth-order valence-corrected chi connectivity index (χ4v) is 2.40. The molecule has 0 aliphatic rings. The normalized spacial score (nSPS) is 10.8. The van der Waals surface area contributed by atoms with Crippen molar-refractivity contribution in [2.45, 2.75) is 0 Å². The van der Waals surface area contributed by atoms with Gasteiger partial charge in [-0.2, -0.15) is 5.10 Å². The smallest absolute Gasteiger partial charge is 0.150 e. The summed E-state index contributed by atoms with van der Waals surface area (Å²) >= 11 is 11.9. The van der Waals surface area contributed by atoms with Crippen molar-refractivity contribution in [2.75, 3.05) is 5.73 Å². The molecule has 3 rings (SSSR count). The van der Waals surface area contributed by atoms with Crippen LogP contribution in [0.1, 0.15) is 0 Å². The molecule has 0 amide bonds. The Labute approximate surface area is 130 Å². The topological polar surface area (TPSA) is 43.8 Å². The third-order valence-electron chi connectivity index (χ3n) is 3.03. The second-order valence-electron chi connectivity index (χ2n) is 4.44. The van der Waals surface area contributed by atoms with Crippen molar-refractivity contribution >= 4 is 29.0 Å². The third-order valence-corrected chi connectivity index (χ3v) is 3.58. The molecule has 0 atom stereocenters. The maximum atomic E-state index is 14.0. The van der Waals surface area contributed by atoms with Gasteiger partial charge in [0.15, 0.2) is 0 Å². The highest BCUT2D eigenvalue weighted by molar-refractivity contribution is 6.32. The van der Waals surface area contributed by atoms with Crippen LogP contribution in [0, 0.1) is 5.82 Å². The predicted molar refractivity (Wildman–Crippen MR) is 83.4 cm³/mol. The van der Waals surface area contributed by atoms with E-state index in [-0.39, 0.29) is 10.7 Å². The number of halogens is 3. The Morgan fingerprint density at radius 3 is 2.43 bits per heavy atom. The van der Waals surface area contributed by atoms with E-state index in [4.69, 9.17) is 28.9 Å². The Hall–Kier alpha value is -2.04. The summed E-state index contributed by atoms with van der Waals surface area (Å²) in [7, 11) is 0. The van der Waals surface area contributed by atoms with Crippen molar-refractivity contribution < 1.29 is 4.39 Å². The van der Waals surface area contributed by atoms with Crippen LogP contribution in [0.3, 0.4) is 0 Å². The molecule has 1 heterocycles. The van der Waals surface area contributed by atoms with Crippen LogP contribution < -0.4 is 5.73 Å².